The van der Waals surface area contributed by atoms with Gasteiger partial charge in [0.05, 0.1) is 17.6 Å². The van der Waals surface area contributed by atoms with E-state index < -0.39 is 23.9 Å². The molecule has 1 atom stereocenters. The highest BCUT2D eigenvalue weighted by Gasteiger charge is 2.52. The number of oxazole rings is 1. The zero-order chi connectivity index (χ0) is 19.9. The number of aliphatic imine (C=N–C) groups is 1. The van der Waals surface area contributed by atoms with E-state index in [1.54, 1.807) is 0 Å². The van der Waals surface area contributed by atoms with Gasteiger partial charge in [-0.05, 0) is 30.3 Å². The second kappa shape index (κ2) is 6.52. The molecule has 4 rings (SSSR count). The monoisotopic (exact) mass is 383 g/mol. The van der Waals surface area contributed by atoms with Crippen LogP contribution < -0.4 is 5.73 Å². The van der Waals surface area contributed by atoms with Crippen molar-refractivity contribution in [2.75, 3.05) is 7.05 Å². The first-order chi connectivity index (χ1) is 13.5. The summed E-state index contributed by atoms with van der Waals surface area (Å²) in [5, 5.41) is 0. The molecule has 3 heterocycles. The molecule has 0 saturated carbocycles. The van der Waals surface area contributed by atoms with Crippen LogP contribution in [0.15, 0.2) is 58.4 Å². The lowest BCUT2D eigenvalue weighted by Crippen LogP contribution is -2.42. The molecule has 1 amide bonds. The Kier molecular flexibility index (Phi) is 4.14. The number of likely N-dealkylation sites (N-methyl/N-ethyl adjacent to an activating group) is 1. The summed E-state index contributed by atoms with van der Waals surface area (Å²) in [6.45, 7) is -0.840. The lowest BCUT2D eigenvalue weighted by atomic mass is 9.84. The van der Waals surface area contributed by atoms with Crippen molar-refractivity contribution >= 4 is 11.9 Å². The molecule has 0 saturated heterocycles. The Morgan fingerprint density at radius 1 is 1.29 bits per heavy atom. The first-order valence-electron chi connectivity index (χ1n) is 8.32. The molecule has 142 valence electrons. The highest BCUT2D eigenvalue weighted by Crippen LogP contribution is 2.41. The molecule has 1 aliphatic rings. The summed E-state index contributed by atoms with van der Waals surface area (Å²) in [6, 6.07) is 8.63. The van der Waals surface area contributed by atoms with Crippen LogP contribution in [0.4, 0.5) is 8.78 Å². The summed E-state index contributed by atoms with van der Waals surface area (Å²) in [5.74, 6) is -0.988. The van der Waals surface area contributed by atoms with E-state index in [9.17, 15) is 13.6 Å². The predicted molar refractivity (Wildman–Crippen MR) is 96.1 cm³/mol. The minimum absolute atomic E-state index is 0.0674. The molecule has 1 unspecified atom stereocenters. The molecule has 3 aromatic rings. The number of benzene rings is 1. The fourth-order valence-electron chi connectivity index (χ4n) is 3.19. The van der Waals surface area contributed by atoms with Gasteiger partial charge in [-0.1, -0.05) is 6.07 Å². The van der Waals surface area contributed by atoms with Gasteiger partial charge in [-0.15, -0.1) is 0 Å². The van der Waals surface area contributed by atoms with E-state index in [2.05, 4.69) is 15.0 Å². The number of halogens is 2. The van der Waals surface area contributed by atoms with Gasteiger partial charge >= 0.3 is 0 Å². The first kappa shape index (κ1) is 17.8. The summed E-state index contributed by atoms with van der Waals surface area (Å²) < 4.78 is 33.4. The van der Waals surface area contributed by atoms with Crippen molar-refractivity contribution in [1.29, 1.82) is 0 Å². The molecule has 2 N–H and O–H groups in total. The van der Waals surface area contributed by atoms with Gasteiger partial charge in [0.25, 0.3) is 5.91 Å². The molecule has 0 bridgehead atoms. The van der Waals surface area contributed by atoms with Crippen LogP contribution in [0.2, 0.25) is 0 Å². The summed E-state index contributed by atoms with van der Waals surface area (Å²) in [7, 11) is 1.43. The maximum atomic E-state index is 15.0. The van der Waals surface area contributed by atoms with Gasteiger partial charge in [0, 0.05) is 18.2 Å². The second-order valence-corrected chi connectivity index (χ2v) is 6.25. The van der Waals surface area contributed by atoms with Crippen LogP contribution in [-0.2, 0) is 17.0 Å². The minimum Gasteiger partial charge on any atom is -0.444 e. The molecule has 1 aliphatic heterocycles. The standard InChI is InChI=1S/C19H15F2N5O2/c1-26-17(27)19(25-18(26)22,16-4-2-3-12(8-20)24-16)13-7-11(5-6-14(13)21)15-9-23-10-28-15/h2-7,9-10H,8H2,1H3,(H2,22,25). The Balaban J connectivity index is 2.01. The van der Waals surface area contributed by atoms with Gasteiger partial charge in [0.15, 0.2) is 18.1 Å². The topological polar surface area (TPSA) is 97.6 Å². The van der Waals surface area contributed by atoms with E-state index in [0.717, 1.165) is 4.90 Å². The summed E-state index contributed by atoms with van der Waals surface area (Å²) >= 11 is 0. The number of carbonyl (C=O) groups excluding carboxylic acids is 1. The van der Waals surface area contributed by atoms with Crippen molar-refractivity contribution in [3.63, 3.8) is 0 Å². The maximum absolute atomic E-state index is 15.0. The fourth-order valence-corrected chi connectivity index (χ4v) is 3.19. The zero-order valence-electron chi connectivity index (χ0n) is 14.8. The van der Waals surface area contributed by atoms with Crippen LogP contribution in [0.25, 0.3) is 11.3 Å². The third kappa shape index (κ3) is 2.55. The Morgan fingerprint density at radius 2 is 2.11 bits per heavy atom. The Labute approximate surface area is 158 Å². The lowest BCUT2D eigenvalue weighted by Gasteiger charge is -2.26. The fraction of sp³-hybridized carbons (Fsp3) is 0.158. The lowest BCUT2D eigenvalue weighted by molar-refractivity contribution is -0.129. The number of rotatable bonds is 4. The second-order valence-electron chi connectivity index (χ2n) is 6.25. The quantitative estimate of drug-likeness (QED) is 0.746. The molecular formula is C19H15F2N5O2. The molecule has 0 aliphatic carbocycles. The Bertz CT molecular complexity index is 1080. The Morgan fingerprint density at radius 3 is 2.75 bits per heavy atom. The normalized spacial score (nSPS) is 19.2. The molecule has 0 spiro atoms. The summed E-state index contributed by atoms with van der Waals surface area (Å²) in [5.41, 5.74) is 4.60. The molecule has 2 aromatic heterocycles. The van der Waals surface area contributed by atoms with E-state index in [4.69, 9.17) is 10.2 Å². The van der Waals surface area contributed by atoms with Gasteiger partial charge in [0.1, 0.15) is 12.5 Å². The van der Waals surface area contributed by atoms with Gasteiger partial charge in [0.2, 0.25) is 5.54 Å². The van der Waals surface area contributed by atoms with E-state index in [0.29, 0.717) is 11.3 Å². The number of nitrogens with two attached hydrogens (primary N) is 1. The van der Waals surface area contributed by atoms with Crippen molar-refractivity contribution in [3.05, 3.63) is 71.8 Å². The van der Waals surface area contributed by atoms with E-state index in [1.165, 1.54) is 56.0 Å². The van der Waals surface area contributed by atoms with Crippen molar-refractivity contribution in [2.45, 2.75) is 12.2 Å². The predicted octanol–water partition coefficient (Wildman–Crippen LogP) is 2.38. The molecule has 1 aromatic carbocycles. The molecule has 28 heavy (non-hydrogen) atoms. The van der Waals surface area contributed by atoms with Crippen LogP contribution in [0, 0.1) is 5.82 Å². The summed E-state index contributed by atoms with van der Waals surface area (Å²) in [6.07, 6.45) is 2.71. The van der Waals surface area contributed by atoms with Crippen LogP contribution >= 0.6 is 0 Å². The SMILES string of the molecule is CN1C(=O)C(c2cccc(CF)n2)(c2cc(-c3cnco3)ccc2F)N=C1N. The van der Waals surface area contributed by atoms with Gasteiger partial charge in [-0.2, -0.15) is 0 Å². The van der Waals surface area contributed by atoms with E-state index in [1.807, 2.05) is 0 Å². The third-order valence-corrected chi connectivity index (χ3v) is 4.63. The highest BCUT2D eigenvalue weighted by atomic mass is 19.1. The number of guanidine groups is 1. The number of alkyl halides is 1. The molecular weight excluding hydrogens is 368 g/mol. The largest absolute Gasteiger partial charge is 0.444 e. The number of nitrogens with zero attached hydrogens (tertiary/aromatic N) is 4. The average molecular weight is 383 g/mol. The number of amides is 1. The smallest absolute Gasteiger partial charge is 0.268 e. The number of aromatic nitrogens is 2. The highest BCUT2D eigenvalue weighted by molar-refractivity contribution is 6.08. The van der Waals surface area contributed by atoms with Crippen LogP contribution in [0.5, 0.6) is 0 Å². The molecule has 9 heteroatoms. The first-order valence-corrected chi connectivity index (χ1v) is 8.32. The number of carbonyl (C=O) groups is 1. The molecule has 7 nitrogen and oxygen atoms in total. The van der Waals surface area contributed by atoms with Gasteiger partial charge in [-0.3, -0.25) is 14.7 Å². The molecule has 0 radical (unpaired) electrons. The van der Waals surface area contributed by atoms with Crippen molar-refractivity contribution < 1.29 is 18.0 Å². The average Bonchev–Trinajstić information content (AvgIpc) is 3.32. The van der Waals surface area contributed by atoms with Crippen molar-refractivity contribution in [1.82, 2.24) is 14.9 Å². The maximum Gasteiger partial charge on any atom is 0.268 e. The van der Waals surface area contributed by atoms with Crippen LogP contribution in [0.1, 0.15) is 17.0 Å². The third-order valence-electron chi connectivity index (χ3n) is 4.63. The van der Waals surface area contributed by atoms with Crippen molar-refractivity contribution in [2.24, 2.45) is 10.7 Å². The number of hydrogen-bond donors (Lipinski definition) is 1. The van der Waals surface area contributed by atoms with Gasteiger partial charge < -0.3 is 10.2 Å². The van der Waals surface area contributed by atoms with Crippen LogP contribution in [-0.4, -0.2) is 33.8 Å². The van der Waals surface area contributed by atoms with E-state index in [-0.39, 0.29) is 22.9 Å². The molecule has 0 fully saturated rings. The number of pyridine rings is 1. The summed E-state index contributed by atoms with van der Waals surface area (Å²) in [4.78, 5) is 26.6. The van der Waals surface area contributed by atoms with E-state index >= 15 is 0 Å². The zero-order valence-corrected chi connectivity index (χ0v) is 14.8. The minimum atomic E-state index is -1.87. The van der Waals surface area contributed by atoms with Gasteiger partial charge in [-0.25, -0.2) is 18.8 Å². The number of hydrogen-bond acceptors (Lipinski definition) is 6. The Hall–Kier alpha value is -3.62. The van der Waals surface area contributed by atoms with Crippen LogP contribution in [0.3, 0.4) is 0 Å². The van der Waals surface area contributed by atoms with Crippen molar-refractivity contribution in [3.8, 4) is 11.3 Å².